The highest BCUT2D eigenvalue weighted by Gasteiger charge is 2.45. The Morgan fingerprint density at radius 3 is 2.23 bits per heavy atom. The average Bonchev–Trinajstić information content (AvgIpc) is 2.85. The van der Waals surface area contributed by atoms with Gasteiger partial charge in [0.25, 0.3) is 0 Å². The smallest absolute Gasteiger partial charge is 0.182 e. The summed E-state index contributed by atoms with van der Waals surface area (Å²) in [4.78, 5) is 0.382. The van der Waals surface area contributed by atoms with E-state index >= 15 is 0 Å². The summed E-state index contributed by atoms with van der Waals surface area (Å²) in [6.45, 7) is 0. The summed E-state index contributed by atoms with van der Waals surface area (Å²) < 4.78 is 23.4. The maximum atomic E-state index is 11.7. The van der Waals surface area contributed by atoms with Crippen molar-refractivity contribution in [3.63, 3.8) is 0 Å². The molecule has 0 unspecified atom stereocenters. The van der Waals surface area contributed by atoms with Gasteiger partial charge in [0.1, 0.15) is 0 Å². The number of sulfone groups is 1. The summed E-state index contributed by atoms with van der Waals surface area (Å²) >= 11 is 0. The molecule has 4 heteroatoms. The maximum Gasteiger partial charge on any atom is 0.182 e. The van der Waals surface area contributed by atoms with Gasteiger partial charge in [0.2, 0.25) is 0 Å². The average molecular weight is 197 g/mol. The van der Waals surface area contributed by atoms with Gasteiger partial charge in [-0.15, -0.1) is 0 Å². The second-order valence-corrected chi connectivity index (χ2v) is 5.46. The van der Waals surface area contributed by atoms with Gasteiger partial charge < -0.3 is 5.73 Å². The van der Waals surface area contributed by atoms with Gasteiger partial charge in [-0.05, 0) is 18.6 Å². The van der Waals surface area contributed by atoms with Crippen LogP contribution in [0, 0.1) is 0 Å². The van der Waals surface area contributed by atoms with E-state index in [0.29, 0.717) is 11.3 Å². The third-order valence-electron chi connectivity index (χ3n) is 2.25. The van der Waals surface area contributed by atoms with Gasteiger partial charge in [-0.2, -0.15) is 0 Å². The normalized spacial score (nSPS) is 27.2. The summed E-state index contributed by atoms with van der Waals surface area (Å²) in [7, 11) is -3.14. The van der Waals surface area contributed by atoms with Crippen molar-refractivity contribution in [3.8, 4) is 0 Å². The molecule has 1 fully saturated rings. The Hall–Kier alpha value is -0.870. The highest BCUT2D eigenvalue weighted by atomic mass is 32.2. The molecule has 0 heterocycles. The van der Waals surface area contributed by atoms with E-state index in [1.807, 2.05) is 0 Å². The van der Waals surface area contributed by atoms with Crippen LogP contribution in [0.3, 0.4) is 0 Å². The Morgan fingerprint density at radius 1 is 1.23 bits per heavy atom. The van der Waals surface area contributed by atoms with Crippen molar-refractivity contribution in [3.05, 3.63) is 30.3 Å². The highest BCUT2D eigenvalue weighted by Crippen LogP contribution is 2.32. The van der Waals surface area contributed by atoms with Crippen LogP contribution in [0.15, 0.2) is 35.2 Å². The zero-order valence-electron chi connectivity index (χ0n) is 7.05. The molecule has 1 aliphatic rings. The number of hydrogen-bond acceptors (Lipinski definition) is 3. The second kappa shape index (κ2) is 2.82. The van der Waals surface area contributed by atoms with Crippen molar-refractivity contribution in [2.75, 3.05) is 0 Å². The van der Waals surface area contributed by atoms with E-state index in [0.717, 1.165) is 0 Å². The molecule has 70 valence electrons. The van der Waals surface area contributed by atoms with Crippen LogP contribution in [-0.2, 0) is 9.84 Å². The van der Waals surface area contributed by atoms with Gasteiger partial charge in [0.05, 0.1) is 10.1 Å². The molecule has 0 aliphatic heterocycles. The lowest BCUT2D eigenvalue weighted by Gasteiger charge is -2.01. The van der Waals surface area contributed by atoms with Gasteiger partial charge in [0, 0.05) is 6.04 Å². The lowest BCUT2D eigenvalue weighted by molar-refractivity contribution is 0.594. The van der Waals surface area contributed by atoms with Crippen molar-refractivity contribution >= 4 is 9.84 Å². The van der Waals surface area contributed by atoms with Gasteiger partial charge in [-0.3, -0.25) is 0 Å². The lowest BCUT2D eigenvalue weighted by atomic mass is 10.4. The first-order valence-corrected chi connectivity index (χ1v) is 5.71. The summed E-state index contributed by atoms with van der Waals surface area (Å²) in [5, 5.41) is -0.352. The van der Waals surface area contributed by atoms with Crippen molar-refractivity contribution < 1.29 is 8.42 Å². The van der Waals surface area contributed by atoms with Crippen LogP contribution in [0.5, 0.6) is 0 Å². The molecule has 1 saturated carbocycles. The number of nitrogens with two attached hydrogens (primary N) is 1. The van der Waals surface area contributed by atoms with E-state index in [-0.39, 0.29) is 11.3 Å². The van der Waals surface area contributed by atoms with Crippen LogP contribution >= 0.6 is 0 Å². The molecule has 1 aromatic carbocycles. The zero-order chi connectivity index (χ0) is 9.47. The first-order valence-electron chi connectivity index (χ1n) is 4.17. The minimum atomic E-state index is -3.14. The van der Waals surface area contributed by atoms with Crippen LogP contribution in [-0.4, -0.2) is 19.7 Å². The van der Waals surface area contributed by atoms with E-state index < -0.39 is 9.84 Å². The number of rotatable bonds is 2. The van der Waals surface area contributed by atoms with Gasteiger partial charge in [-0.25, -0.2) is 8.42 Å². The topological polar surface area (TPSA) is 60.2 Å². The molecule has 13 heavy (non-hydrogen) atoms. The van der Waals surface area contributed by atoms with Crippen molar-refractivity contribution in [2.45, 2.75) is 22.6 Å². The molecule has 0 spiro atoms. The molecule has 2 atom stereocenters. The van der Waals surface area contributed by atoms with E-state index in [1.165, 1.54) is 0 Å². The molecule has 1 aromatic rings. The monoisotopic (exact) mass is 197 g/mol. The largest absolute Gasteiger partial charge is 0.326 e. The Balaban J connectivity index is 2.36. The van der Waals surface area contributed by atoms with Crippen molar-refractivity contribution in [1.82, 2.24) is 0 Å². The van der Waals surface area contributed by atoms with Crippen LogP contribution in [0.25, 0.3) is 0 Å². The maximum absolute atomic E-state index is 11.7. The second-order valence-electron chi connectivity index (χ2n) is 3.30. The summed E-state index contributed by atoms with van der Waals surface area (Å²) in [6, 6.07) is 8.30. The third-order valence-corrected chi connectivity index (χ3v) is 4.52. The molecule has 1 aliphatic carbocycles. The molecular formula is C9H11NO2S. The first-order chi connectivity index (χ1) is 6.12. The Morgan fingerprint density at radius 2 is 1.77 bits per heavy atom. The molecule has 0 aromatic heterocycles. The third kappa shape index (κ3) is 1.47. The zero-order valence-corrected chi connectivity index (χ0v) is 7.87. The summed E-state index contributed by atoms with van der Waals surface area (Å²) in [5.74, 6) is 0. The minimum absolute atomic E-state index is 0.162. The van der Waals surface area contributed by atoms with Crippen molar-refractivity contribution in [2.24, 2.45) is 5.73 Å². The standard InChI is InChI=1S/C9H11NO2S/c10-8-6-9(8)13(11,12)7-4-2-1-3-5-7/h1-5,8-9H,6,10H2/t8-,9-/m1/s1. The Kier molecular flexibility index (Phi) is 1.89. The van der Waals surface area contributed by atoms with Gasteiger partial charge >= 0.3 is 0 Å². The van der Waals surface area contributed by atoms with Crippen LogP contribution < -0.4 is 5.73 Å². The molecule has 3 nitrogen and oxygen atoms in total. The summed E-state index contributed by atoms with van der Waals surface area (Å²) in [5.41, 5.74) is 5.51. The predicted octanol–water partition coefficient (Wildman–Crippen LogP) is 0.560. The van der Waals surface area contributed by atoms with Gasteiger partial charge in [-0.1, -0.05) is 18.2 Å². The van der Waals surface area contributed by atoms with E-state index in [2.05, 4.69) is 0 Å². The SMILES string of the molecule is N[C@@H]1C[C@H]1S(=O)(=O)c1ccccc1. The van der Waals surface area contributed by atoms with E-state index in [9.17, 15) is 8.42 Å². The quantitative estimate of drug-likeness (QED) is 0.753. The van der Waals surface area contributed by atoms with Gasteiger partial charge in [0.15, 0.2) is 9.84 Å². The molecular weight excluding hydrogens is 186 g/mol. The fraction of sp³-hybridized carbons (Fsp3) is 0.333. The molecule has 0 saturated heterocycles. The molecule has 0 radical (unpaired) electrons. The summed E-state index contributed by atoms with van der Waals surface area (Å²) in [6.07, 6.45) is 0.594. The fourth-order valence-corrected chi connectivity index (χ4v) is 3.15. The molecule has 0 bridgehead atoms. The van der Waals surface area contributed by atoms with Crippen LogP contribution in [0.4, 0.5) is 0 Å². The van der Waals surface area contributed by atoms with E-state index in [4.69, 9.17) is 5.73 Å². The first kappa shape index (κ1) is 8.72. The van der Waals surface area contributed by atoms with Crippen molar-refractivity contribution in [1.29, 1.82) is 0 Å². The number of hydrogen-bond donors (Lipinski definition) is 1. The number of benzene rings is 1. The lowest BCUT2D eigenvalue weighted by Crippen LogP contribution is -2.15. The Labute approximate surface area is 77.5 Å². The molecule has 2 rings (SSSR count). The minimum Gasteiger partial charge on any atom is -0.326 e. The fourth-order valence-electron chi connectivity index (χ4n) is 1.33. The Bertz CT molecular complexity index is 399. The van der Waals surface area contributed by atoms with E-state index in [1.54, 1.807) is 30.3 Å². The predicted molar refractivity (Wildman–Crippen MR) is 50.0 cm³/mol. The van der Waals surface area contributed by atoms with Crippen LogP contribution in [0.1, 0.15) is 6.42 Å². The molecule has 2 N–H and O–H groups in total. The molecule has 0 amide bonds. The van der Waals surface area contributed by atoms with Crippen LogP contribution in [0.2, 0.25) is 0 Å². The highest BCUT2D eigenvalue weighted by molar-refractivity contribution is 7.92.